The Labute approximate surface area is 356 Å². The number of nitrogens with one attached hydrogen (secondary N) is 1. The van der Waals surface area contributed by atoms with Gasteiger partial charge in [0.25, 0.3) is 0 Å². The fourth-order valence-electron chi connectivity index (χ4n) is 8.63. The van der Waals surface area contributed by atoms with Crippen LogP contribution in [0.15, 0.2) is 72.8 Å². The molecule has 2 amide bonds. The van der Waals surface area contributed by atoms with Crippen molar-refractivity contribution in [2.75, 3.05) is 26.2 Å². The average molecular weight is 836 g/mol. The molecule has 2 heterocycles. The maximum atomic E-state index is 13.2. The number of hydrogen-bond acceptors (Lipinski definition) is 6. The van der Waals surface area contributed by atoms with Crippen LogP contribution in [-0.4, -0.2) is 71.2 Å². The van der Waals surface area contributed by atoms with E-state index in [4.69, 9.17) is 9.47 Å². The Morgan fingerprint density at radius 2 is 1.40 bits per heavy atom. The molecule has 2 fully saturated rings. The lowest BCUT2D eigenvalue weighted by Crippen LogP contribution is -2.50. The molecule has 0 aliphatic carbocycles. The summed E-state index contributed by atoms with van der Waals surface area (Å²) < 4.78 is 53.3. The number of carbonyl (C=O) groups is 2. The van der Waals surface area contributed by atoms with Gasteiger partial charge in [0.2, 0.25) is 5.91 Å². The highest BCUT2D eigenvalue weighted by molar-refractivity contribution is 5.90. The van der Waals surface area contributed by atoms with E-state index in [0.717, 1.165) is 53.0 Å². The zero-order valence-corrected chi connectivity index (χ0v) is 36.1. The van der Waals surface area contributed by atoms with Crippen LogP contribution in [0.2, 0.25) is 0 Å². The van der Waals surface area contributed by atoms with Gasteiger partial charge in [-0.05, 0) is 66.6 Å². The second-order valence-electron chi connectivity index (χ2n) is 16.8. The van der Waals surface area contributed by atoms with E-state index in [1.165, 1.54) is 77.0 Å². The summed E-state index contributed by atoms with van der Waals surface area (Å²) in [6, 6.07) is 22.5. The van der Waals surface area contributed by atoms with Crippen molar-refractivity contribution in [1.82, 2.24) is 15.1 Å². The van der Waals surface area contributed by atoms with Crippen molar-refractivity contribution < 1.29 is 37.3 Å². The van der Waals surface area contributed by atoms with E-state index < -0.39 is 30.3 Å². The van der Waals surface area contributed by atoms with E-state index in [1.807, 2.05) is 72.8 Å². The number of aliphatic hydroxyl groups excluding tert-OH is 1. The highest BCUT2D eigenvalue weighted by Crippen LogP contribution is 2.42. The topological polar surface area (TPSA) is 91.3 Å². The number of likely N-dealkylation sites (tertiary alicyclic amines) is 1. The highest BCUT2D eigenvalue weighted by Gasteiger charge is 2.47. The Balaban J connectivity index is 1.31. The van der Waals surface area contributed by atoms with Gasteiger partial charge in [-0.1, -0.05) is 158 Å². The fraction of sp³-hybridized carbons (Fsp3) is 0.592. The Hall–Kier alpha value is -3.77. The fourth-order valence-corrected chi connectivity index (χ4v) is 8.63. The molecule has 330 valence electrons. The molecule has 60 heavy (non-hydrogen) atoms. The summed E-state index contributed by atoms with van der Waals surface area (Å²) in [5, 5.41) is 12.5. The van der Waals surface area contributed by atoms with Gasteiger partial charge in [0.05, 0.1) is 18.8 Å². The standard InChI is InChI=1S/C49H68F3N3O5/c1-4-6-8-10-12-16-30-54(31-17-13-11-9-7-5-2)34-44-36(3)45(39-24-22-37(35-56)23-25-39)60-47(59-44)40-28-26-38(27-29-40)42-20-15-14-19-41(42)33-53-46(57)43-21-18-32-55(43)48(58)49(50,51)52/h14-15,19-20,22-29,36,43-45,47,56H,4-13,16-18,21,30-35H2,1-3H3,(H,53,57). The predicted molar refractivity (Wildman–Crippen MR) is 231 cm³/mol. The molecule has 3 aromatic carbocycles. The summed E-state index contributed by atoms with van der Waals surface area (Å²) in [6.07, 6.45) is 9.63. The quantitative estimate of drug-likeness (QED) is 0.0925. The molecule has 3 aromatic rings. The van der Waals surface area contributed by atoms with Crippen molar-refractivity contribution in [3.63, 3.8) is 0 Å². The van der Waals surface area contributed by atoms with Crippen LogP contribution >= 0.6 is 0 Å². The Morgan fingerprint density at radius 1 is 0.800 bits per heavy atom. The smallest absolute Gasteiger partial charge is 0.392 e. The van der Waals surface area contributed by atoms with Crippen molar-refractivity contribution in [3.8, 4) is 11.1 Å². The first-order chi connectivity index (χ1) is 29.0. The summed E-state index contributed by atoms with van der Waals surface area (Å²) in [4.78, 5) is 28.3. The molecule has 0 aromatic heterocycles. The molecule has 0 saturated carbocycles. The Morgan fingerprint density at radius 3 is 2.02 bits per heavy atom. The third-order valence-electron chi connectivity index (χ3n) is 12.2. The van der Waals surface area contributed by atoms with E-state index in [2.05, 4.69) is 31.0 Å². The van der Waals surface area contributed by atoms with Crippen molar-refractivity contribution in [1.29, 1.82) is 0 Å². The maximum Gasteiger partial charge on any atom is 0.471 e. The van der Waals surface area contributed by atoms with Crippen LogP contribution in [0.5, 0.6) is 0 Å². The van der Waals surface area contributed by atoms with Gasteiger partial charge >= 0.3 is 12.1 Å². The molecule has 0 bridgehead atoms. The minimum Gasteiger partial charge on any atom is -0.392 e. The number of ether oxygens (including phenoxy) is 2. The van der Waals surface area contributed by atoms with Crippen LogP contribution in [0.25, 0.3) is 11.1 Å². The predicted octanol–water partition coefficient (Wildman–Crippen LogP) is 10.8. The average Bonchev–Trinajstić information content (AvgIpc) is 3.75. The van der Waals surface area contributed by atoms with Gasteiger partial charge < -0.3 is 29.7 Å². The monoisotopic (exact) mass is 836 g/mol. The molecule has 0 spiro atoms. The lowest BCUT2D eigenvalue weighted by Gasteiger charge is -2.43. The number of aliphatic hydroxyl groups is 1. The number of unbranched alkanes of at least 4 members (excludes halogenated alkanes) is 10. The van der Waals surface area contributed by atoms with Crippen LogP contribution in [0.3, 0.4) is 0 Å². The number of nitrogens with zero attached hydrogens (tertiary/aromatic N) is 2. The second kappa shape index (κ2) is 24.0. The maximum absolute atomic E-state index is 13.2. The number of benzene rings is 3. The number of halogens is 3. The van der Waals surface area contributed by atoms with Crippen molar-refractivity contribution in [3.05, 3.63) is 95.1 Å². The molecule has 5 atom stereocenters. The van der Waals surface area contributed by atoms with Gasteiger partial charge in [0.1, 0.15) is 6.04 Å². The minimum atomic E-state index is -5.03. The molecule has 11 heteroatoms. The third-order valence-corrected chi connectivity index (χ3v) is 12.2. The molecule has 2 aliphatic rings. The summed E-state index contributed by atoms with van der Waals surface area (Å²) >= 11 is 0. The van der Waals surface area contributed by atoms with Gasteiger partial charge in [-0.15, -0.1) is 0 Å². The van der Waals surface area contributed by atoms with Crippen molar-refractivity contribution >= 4 is 11.8 Å². The molecule has 2 saturated heterocycles. The van der Waals surface area contributed by atoms with E-state index in [9.17, 15) is 27.9 Å². The highest BCUT2D eigenvalue weighted by atomic mass is 19.4. The summed E-state index contributed by atoms with van der Waals surface area (Å²) in [7, 11) is 0. The molecule has 0 radical (unpaired) electrons. The SMILES string of the molecule is CCCCCCCCN(CCCCCCCC)CC1OC(c2ccc(-c3ccccc3CNC(=O)C3CCCN3C(=O)C(F)(F)F)cc2)OC(c2ccc(CO)cc2)C1C. The van der Waals surface area contributed by atoms with E-state index in [-0.39, 0.29) is 44.2 Å². The van der Waals surface area contributed by atoms with E-state index in [1.54, 1.807) is 0 Å². The van der Waals surface area contributed by atoms with E-state index >= 15 is 0 Å². The van der Waals surface area contributed by atoms with Crippen molar-refractivity contribution in [2.24, 2.45) is 5.92 Å². The lowest BCUT2D eigenvalue weighted by molar-refractivity contribution is -0.276. The first-order valence-corrected chi connectivity index (χ1v) is 22.6. The Bertz CT molecular complexity index is 1720. The molecule has 2 aliphatic heterocycles. The number of rotatable bonds is 23. The lowest BCUT2D eigenvalue weighted by atomic mass is 9.89. The number of carbonyl (C=O) groups excluding carboxylic acids is 2. The molecule has 5 rings (SSSR count). The van der Waals surface area contributed by atoms with Gasteiger partial charge in [-0.2, -0.15) is 13.2 Å². The van der Waals surface area contributed by atoms with Gasteiger partial charge in [0, 0.05) is 31.1 Å². The van der Waals surface area contributed by atoms with Crippen LogP contribution < -0.4 is 5.32 Å². The van der Waals surface area contributed by atoms with Gasteiger partial charge in [-0.3, -0.25) is 9.59 Å². The van der Waals surface area contributed by atoms with Crippen molar-refractivity contribution in [2.45, 2.75) is 155 Å². The Kier molecular flexibility index (Phi) is 18.9. The number of alkyl halides is 3. The number of amides is 2. The summed E-state index contributed by atoms with van der Waals surface area (Å²) in [5.74, 6) is -2.50. The first kappa shape index (κ1) is 47.3. The molecule has 5 unspecified atom stereocenters. The zero-order chi connectivity index (χ0) is 42.9. The molecular formula is C49H68F3N3O5. The normalized spacial score (nSPS) is 20.8. The largest absolute Gasteiger partial charge is 0.471 e. The second-order valence-corrected chi connectivity index (χ2v) is 16.8. The van der Waals surface area contributed by atoms with Gasteiger partial charge in [0.15, 0.2) is 6.29 Å². The van der Waals surface area contributed by atoms with Crippen LogP contribution in [0.1, 0.15) is 145 Å². The molecular weight excluding hydrogens is 768 g/mol. The number of hydrogen-bond donors (Lipinski definition) is 2. The molecule has 2 N–H and O–H groups in total. The zero-order valence-electron chi connectivity index (χ0n) is 36.1. The third kappa shape index (κ3) is 13.6. The van der Waals surface area contributed by atoms with E-state index in [0.29, 0.717) is 11.3 Å². The van der Waals surface area contributed by atoms with Crippen LogP contribution in [0.4, 0.5) is 13.2 Å². The minimum absolute atomic E-state index is 0.0223. The van der Waals surface area contributed by atoms with Crippen LogP contribution in [0, 0.1) is 5.92 Å². The first-order valence-electron chi connectivity index (χ1n) is 22.6. The summed E-state index contributed by atoms with van der Waals surface area (Å²) in [5.41, 5.74) is 5.35. The van der Waals surface area contributed by atoms with Crippen LogP contribution in [-0.2, 0) is 32.2 Å². The van der Waals surface area contributed by atoms with Gasteiger partial charge in [-0.25, -0.2) is 0 Å². The molecule has 8 nitrogen and oxygen atoms in total. The summed E-state index contributed by atoms with van der Waals surface area (Å²) in [6.45, 7) is 9.62.